The van der Waals surface area contributed by atoms with Crippen molar-refractivity contribution in [2.24, 2.45) is 5.92 Å². The molecule has 7 heteroatoms. The Morgan fingerprint density at radius 2 is 1.76 bits per heavy atom. The van der Waals surface area contributed by atoms with Crippen LogP contribution in [-0.2, 0) is 17.8 Å². The van der Waals surface area contributed by atoms with E-state index in [1.54, 1.807) is 24.3 Å². The zero-order valence-electron chi connectivity index (χ0n) is 22.2. The number of carboxylic acid groups (broad SMARTS) is 1. The summed E-state index contributed by atoms with van der Waals surface area (Å²) in [5.41, 5.74) is 4.74. The fourth-order valence-corrected chi connectivity index (χ4v) is 4.41. The predicted molar refractivity (Wildman–Crippen MR) is 145 cm³/mol. The van der Waals surface area contributed by atoms with Gasteiger partial charge in [0.1, 0.15) is 18.2 Å². The van der Waals surface area contributed by atoms with Crippen molar-refractivity contribution in [1.82, 2.24) is 5.32 Å². The maximum atomic E-state index is 13.7. The van der Waals surface area contributed by atoms with E-state index in [1.165, 1.54) is 12.1 Å². The smallest absolute Gasteiger partial charge is 0.303 e. The largest absolute Gasteiger partial charge is 0.489 e. The molecule has 0 aromatic heterocycles. The monoisotopic (exact) mass is 516 g/mol. The van der Waals surface area contributed by atoms with Gasteiger partial charge in [0.25, 0.3) is 5.91 Å². The Bertz CT molecular complexity index is 1340. The summed E-state index contributed by atoms with van der Waals surface area (Å²) < 4.78 is 19.5. The number of aryl methyl sites for hydroxylation is 3. The molecule has 0 aliphatic rings. The number of rotatable bonds is 11. The maximum absolute atomic E-state index is 13.7. The van der Waals surface area contributed by atoms with Crippen molar-refractivity contribution >= 4 is 17.6 Å². The SMILES string of the molecule is [C-]#[N+]c1cc(COc2ccc(CCC(=O)O)c(C(=O)NC(CC(C)C)c3cc(C)cc(C)c3)c2)ccc1F. The third-order valence-electron chi connectivity index (χ3n) is 6.13. The number of halogens is 1. The zero-order valence-corrected chi connectivity index (χ0v) is 22.2. The molecule has 0 saturated carbocycles. The third-order valence-corrected chi connectivity index (χ3v) is 6.13. The molecule has 0 spiro atoms. The first-order valence-electron chi connectivity index (χ1n) is 12.6. The summed E-state index contributed by atoms with van der Waals surface area (Å²) in [4.78, 5) is 28.0. The van der Waals surface area contributed by atoms with Crippen molar-refractivity contribution in [1.29, 1.82) is 0 Å². The lowest BCUT2D eigenvalue weighted by Gasteiger charge is -2.23. The van der Waals surface area contributed by atoms with Gasteiger partial charge in [-0.2, -0.15) is 0 Å². The van der Waals surface area contributed by atoms with E-state index in [0.717, 1.165) is 23.1 Å². The summed E-state index contributed by atoms with van der Waals surface area (Å²) in [7, 11) is 0. The van der Waals surface area contributed by atoms with Crippen molar-refractivity contribution < 1.29 is 23.8 Å². The minimum Gasteiger partial charge on any atom is -0.489 e. The van der Waals surface area contributed by atoms with Gasteiger partial charge in [-0.15, -0.1) is 0 Å². The fraction of sp³-hybridized carbons (Fsp3) is 0.323. The molecular formula is C31H33FN2O4. The highest BCUT2D eigenvalue weighted by molar-refractivity contribution is 5.96. The number of benzene rings is 3. The van der Waals surface area contributed by atoms with Crippen LogP contribution < -0.4 is 10.1 Å². The summed E-state index contributed by atoms with van der Waals surface area (Å²) in [5, 5.41) is 12.4. The lowest BCUT2D eigenvalue weighted by atomic mass is 9.93. The minimum absolute atomic E-state index is 0.0802. The second-order valence-corrected chi connectivity index (χ2v) is 9.98. The van der Waals surface area contributed by atoms with Crippen LogP contribution in [0, 0.1) is 32.2 Å². The minimum atomic E-state index is -0.948. The van der Waals surface area contributed by atoms with E-state index in [4.69, 9.17) is 11.3 Å². The van der Waals surface area contributed by atoms with E-state index in [2.05, 4.69) is 42.2 Å². The molecule has 38 heavy (non-hydrogen) atoms. The van der Waals surface area contributed by atoms with Gasteiger partial charge < -0.3 is 15.2 Å². The van der Waals surface area contributed by atoms with Gasteiger partial charge in [-0.05, 0) is 73.6 Å². The number of ether oxygens (including phenoxy) is 1. The van der Waals surface area contributed by atoms with Gasteiger partial charge >= 0.3 is 5.97 Å². The van der Waals surface area contributed by atoms with Gasteiger partial charge in [-0.25, -0.2) is 9.24 Å². The summed E-state index contributed by atoms with van der Waals surface area (Å²) in [6, 6.07) is 15.2. The molecule has 3 aromatic carbocycles. The number of carbonyl (C=O) groups excluding carboxylic acids is 1. The van der Waals surface area contributed by atoms with Crippen molar-refractivity contribution in [2.45, 2.75) is 59.6 Å². The number of hydrogen-bond donors (Lipinski definition) is 2. The molecule has 198 valence electrons. The molecule has 0 bridgehead atoms. The number of carboxylic acids is 1. The average Bonchev–Trinajstić information content (AvgIpc) is 2.85. The number of hydrogen-bond acceptors (Lipinski definition) is 3. The Kier molecular flexibility index (Phi) is 9.61. The van der Waals surface area contributed by atoms with Crippen LogP contribution in [0.2, 0.25) is 0 Å². The van der Waals surface area contributed by atoms with E-state index < -0.39 is 11.8 Å². The first kappa shape index (κ1) is 28.4. The molecule has 6 nitrogen and oxygen atoms in total. The quantitative estimate of drug-likeness (QED) is 0.266. The van der Waals surface area contributed by atoms with Crippen LogP contribution >= 0.6 is 0 Å². The van der Waals surface area contributed by atoms with Gasteiger partial charge in [0.05, 0.1) is 12.6 Å². The Balaban J connectivity index is 1.89. The van der Waals surface area contributed by atoms with E-state index in [9.17, 15) is 19.1 Å². The molecule has 0 aliphatic heterocycles. The Morgan fingerprint density at radius 1 is 1.05 bits per heavy atom. The van der Waals surface area contributed by atoms with E-state index in [-0.39, 0.29) is 37.1 Å². The van der Waals surface area contributed by atoms with E-state index in [0.29, 0.717) is 28.4 Å². The summed E-state index contributed by atoms with van der Waals surface area (Å²) in [5.74, 6) is -1.10. The Labute approximate surface area is 223 Å². The van der Waals surface area contributed by atoms with Crippen LogP contribution in [0.1, 0.15) is 70.9 Å². The second kappa shape index (κ2) is 12.9. The fourth-order valence-electron chi connectivity index (χ4n) is 4.41. The Morgan fingerprint density at radius 3 is 2.39 bits per heavy atom. The maximum Gasteiger partial charge on any atom is 0.303 e. The predicted octanol–water partition coefficient (Wildman–Crippen LogP) is 7.11. The topological polar surface area (TPSA) is 80.0 Å². The number of aliphatic carboxylic acids is 1. The molecule has 3 aromatic rings. The molecule has 2 N–H and O–H groups in total. The molecule has 1 amide bonds. The van der Waals surface area contributed by atoms with Crippen LogP contribution in [0.15, 0.2) is 54.6 Å². The number of carbonyl (C=O) groups is 2. The highest BCUT2D eigenvalue weighted by Crippen LogP contribution is 2.27. The third kappa shape index (κ3) is 7.91. The first-order valence-corrected chi connectivity index (χ1v) is 12.6. The van der Waals surface area contributed by atoms with Crippen molar-refractivity contribution in [3.63, 3.8) is 0 Å². The van der Waals surface area contributed by atoms with Crippen molar-refractivity contribution in [2.75, 3.05) is 0 Å². The van der Waals surface area contributed by atoms with Gasteiger partial charge in [-0.1, -0.05) is 55.3 Å². The molecule has 0 fully saturated rings. The van der Waals surface area contributed by atoms with Crippen molar-refractivity contribution in [3.8, 4) is 5.75 Å². The van der Waals surface area contributed by atoms with Crippen LogP contribution in [0.25, 0.3) is 4.85 Å². The van der Waals surface area contributed by atoms with Crippen LogP contribution in [0.5, 0.6) is 5.75 Å². The van der Waals surface area contributed by atoms with Gasteiger partial charge in [0.15, 0.2) is 0 Å². The normalized spacial score (nSPS) is 11.6. The van der Waals surface area contributed by atoms with Gasteiger partial charge in [0, 0.05) is 12.0 Å². The zero-order chi connectivity index (χ0) is 27.8. The molecular weight excluding hydrogens is 483 g/mol. The van der Waals surface area contributed by atoms with E-state index in [1.807, 2.05) is 13.8 Å². The Hall–Kier alpha value is -4.18. The average molecular weight is 517 g/mol. The first-order chi connectivity index (χ1) is 18.0. The molecule has 0 radical (unpaired) electrons. The summed E-state index contributed by atoms with van der Waals surface area (Å²) in [6.07, 6.45) is 0.828. The molecule has 0 aliphatic carbocycles. The number of nitrogens with zero attached hydrogens (tertiary/aromatic N) is 1. The molecule has 1 unspecified atom stereocenters. The van der Waals surface area contributed by atoms with Gasteiger partial charge in [-0.3, -0.25) is 9.59 Å². The standard InChI is InChI=1S/C31H33FN2O4/c1-19(2)12-28(24-14-20(3)13-21(4)15-24)34-31(37)26-17-25(9-7-23(26)8-11-30(35)36)38-18-22-6-10-27(32)29(16-22)33-5/h6-7,9-10,13-17,19,28H,8,11-12,18H2,1-4H3,(H,34,37)(H,35,36). The van der Waals surface area contributed by atoms with Gasteiger partial charge in [0.2, 0.25) is 5.69 Å². The lowest BCUT2D eigenvalue weighted by molar-refractivity contribution is -0.136. The number of amides is 1. The van der Waals surface area contributed by atoms with E-state index >= 15 is 0 Å². The molecule has 0 saturated heterocycles. The summed E-state index contributed by atoms with van der Waals surface area (Å²) in [6.45, 7) is 15.4. The summed E-state index contributed by atoms with van der Waals surface area (Å²) >= 11 is 0. The highest BCUT2D eigenvalue weighted by Gasteiger charge is 2.21. The molecule has 0 heterocycles. The lowest BCUT2D eigenvalue weighted by Crippen LogP contribution is -2.30. The second-order valence-electron chi connectivity index (χ2n) is 9.98. The van der Waals surface area contributed by atoms with Crippen LogP contribution in [0.4, 0.5) is 10.1 Å². The van der Waals surface area contributed by atoms with Crippen LogP contribution in [-0.4, -0.2) is 17.0 Å². The van der Waals surface area contributed by atoms with Crippen molar-refractivity contribution in [3.05, 3.63) is 105 Å². The highest BCUT2D eigenvalue weighted by atomic mass is 19.1. The molecule has 1 atom stereocenters. The van der Waals surface area contributed by atoms with Crippen LogP contribution in [0.3, 0.4) is 0 Å². The molecule has 3 rings (SSSR count). The number of nitrogens with one attached hydrogen (secondary N) is 1.